The lowest BCUT2D eigenvalue weighted by atomic mass is 9.76. The molecule has 0 spiro atoms. The molecule has 1 aromatic rings. The first kappa shape index (κ1) is 25.6. The van der Waals surface area contributed by atoms with Gasteiger partial charge in [0.05, 0.1) is 25.2 Å². The number of hydrogen-bond acceptors (Lipinski definition) is 6. The second-order valence-electron chi connectivity index (χ2n) is 8.33. The monoisotopic (exact) mass is 441 g/mol. The number of carbonyl (C=O) groups excluding carboxylic acids is 2. The summed E-state index contributed by atoms with van der Waals surface area (Å²) in [6.07, 6.45) is 3.67. The molecule has 1 saturated heterocycles. The van der Waals surface area contributed by atoms with Crippen molar-refractivity contribution in [3.05, 3.63) is 47.5 Å². The van der Waals surface area contributed by atoms with Crippen molar-refractivity contribution in [3.8, 4) is 6.07 Å². The highest BCUT2D eigenvalue weighted by molar-refractivity contribution is 6.43. The Balaban J connectivity index is 1.78. The number of nitrogens with zero attached hydrogens (tertiary/aromatic N) is 2. The molecule has 2 rings (SSSR count). The number of carbonyl (C=O) groups is 2. The maximum Gasteiger partial charge on any atom is 0.475 e. The first-order chi connectivity index (χ1) is 15.3. The smallest absolute Gasteiger partial charge is 0.426 e. The molecule has 172 valence electrons. The quantitative estimate of drug-likeness (QED) is 0.206. The van der Waals surface area contributed by atoms with Crippen LogP contribution in [0.3, 0.4) is 0 Å². The molecule has 2 amide bonds. The van der Waals surface area contributed by atoms with Crippen LogP contribution in [0.2, 0.25) is 0 Å². The van der Waals surface area contributed by atoms with E-state index in [1.165, 1.54) is 0 Å². The summed E-state index contributed by atoms with van der Waals surface area (Å²) in [7, 11) is -1.67. The van der Waals surface area contributed by atoms with Crippen molar-refractivity contribution in [2.75, 3.05) is 19.8 Å². The van der Waals surface area contributed by atoms with E-state index in [4.69, 9.17) is 4.74 Å². The van der Waals surface area contributed by atoms with Gasteiger partial charge in [-0.3, -0.25) is 9.59 Å². The lowest BCUT2D eigenvalue weighted by Gasteiger charge is -2.24. The average Bonchev–Trinajstić information content (AvgIpc) is 3.23. The SMILES string of the molecule is CC(C)C=C(C#N)C(=O)N1CCCC1COCCC(=O)N[C@@H](Cc1ccccc1)B(O)O. The molecular formula is C23H32BN3O5. The Bertz CT molecular complexity index is 823. The molecule has 1 aliphatic heterocycles. The predicted molar refractivity (Wildman–Crippen MR) is 121 cm³/mol. The zero-order valence-corrected chi connectivity index (χ0v) is 18.7. The van der Waals surface area contributed by atoms with Gasteiger partial charge in [0.2, 0.25) is 5.91 Å². The van der Waals surface area contributed by atoms with Crippen LogP contribution in [0.1, 0.15) is 38.7 Å². The predicted octanol–water partition coefficient (Wildman–Crippen LogP) is 1.23. The molecule has 9 heteroatoms. The van der Waals surface area contributed by atoms with Crippen LogP contribution in [0.25, 0.3) is 0 Å². The molecule has 0 aromatic heterocycles. The molecule has 32 heavy (non-hydrogen) atoms. The molecule has 1 unspecified atom stereocenters. The number of likely N-dealkylation sites (tertiary alicyclic amines) is 1. The van der Waals surface area contributed by atoms with E-state index in [0.717, 1.165) is 18.4 Å². The summed E-state index contributed by atoms with van der Waals surface area (Å²) >= 11 is 0. The Hall–Kier alpha value is -2.67. The van der Waals surface area contributed by atoms with Crippen molar-refractivity contribution in [1.82, 2.24) is 10.2 Å². The van der Waals surface area contributed by atoms with E-state index in [-0.39, 0.29) is 49.0 Å². The van der Waals surface area contributed by atoms with Crippen LogP contribution in [0.15, 0.2) is 42.0 Å². The minimum Gasteiger partial charge on any atom is -0.426 e. The zero-order valence-electron chi connectivity index (χ0n) is 18.7. The molecular weight excluding hydrogens is 409 g/mol. The molecule has 0 aliphatic carbocycles. The van der Waals surface area contributed by atoms with Crippen LogP contribution in [-0.4, -0.2) is 65.6 Å². The molecule has 1 heterocycles. The van der Waals surface area contributed by atoms with Gasteiger partial charge in [-0.25, -0.2) is 0 Å². The van der Waals surface area contributed by atoms with Crippen molar-refractivity contribution in [2.45, 2.75) is 51.5 Å². The molecule has 2 atom stereocenters. The first-order valence-electron chi connectivity index (χ1n) is 11.0. The number of nitriles is 1. The largest absolute Gasteiger partial charge is 0.475 e. The van der Waals surface area contributed by atoms with E-state index < -0.39 is 13.1 Å². The Morgan fingerprint density at radius 1 is 1.34 bits per heavy atom. The van der Waals surface area contributed by atoms with Crippen LogP contribution < -0.4 is 5.32 Å². The average molecular weight is 441 g/mol. The topological polar surface area (TPSA) is 123 Å². The third kappa shape index (κ3) is 8.11. The highest BCUT2D eigenvalue weighted by Crippen LogP contribution is 2.20. The molecule has 1 fully saturated rings. The number of allylic oxidation sites excluding steroid dienone is 1. The molecule has 3 N–H and O–H groups in total. The minimum absolute atomic E-state index is 0.0649. The van der Waals surface area contributed by atoms with Crippen LogP contribution in [0, 0.1) is 17.2 Å². The van der Waals surface area contributed by atoms with Crippen LogP contribution in [0.5, 0.6) is 0 Å². The summed E-state index contributed by atoms with van der Waals surface area (Å²) in [6, 6.07) is 11.1. The number of benzene rings is 1. The standard InChI is InChI=1S/C23H32BN3O5/c1-17(2)13-19(15-25)23(29)27-11-6-9-20(27)16-32-12-10-22(28)26-21(24(30)31)14-18-7-4-3-5-8-18/h3-5,7-8,13,17,20-21,30-31H,6,9-12,14,16H2,1-2H3,(H,26,28)/t20?,21-/m0/s1. The Kier molecular flexibility index (Phi) is 10.4. The molecule has 0 saturated carbocycles. The van der Waals surface area contributed by atoms with E-state index in [9.17, 15) is 24.9 Å². The number of nitrogens with one attached hydrogen (secondary N) is 1. The Morgan fingerprint density at radius 2 is 2.06 bits per heavy atom. The van der Waals surface area contributed by atoms with E-state index in [1.54, 1.807) is 11.0 Å². The fraction of sp³-hybridized carbons (Fsp3) is 0.522. The number of rotatable bonds is 11. The summed E-state index contributed by atoms with van der Waals surface area (Å²) in [5, 5.41) is 31.1. The lowest BCUT2D eigenvalue weighted by molar-refractivity contribution is -0.129. The highest BCUT2D eigenvalue weighted by Gasteiger charge is 2.31. The van der Waals surface area contributed by atoms with Gasteiger partial charge in [-0.1, -0.05) is 50.3 Å². The van der Waals surface area contributed by atoms with Gasteiger partial charge >= 0.3 is 7.12 Å². The lowest BCUT2D eigenvalue weighted by Crippen LogP contribution is -2.48. The van der Waals surface area contributed by atoms with Gasteiger partial charge in [0, 0.05) is 13.0 Å². The maximum absolute atomic E-state index is 12.7. The van der Waals surface area contributed by atoms with Gasteiger partial charge in [0.1, 0.15) is 11.6 Å². The van der Waals surface area contributed by atoms with E-state index in [1.807, 2.05) is 50.2 Å². The minimum atomic E-state index is -1.67. The molecule has 0 radical (unpaired) electrons. The van der Waals surface area contributed by atoms with Crippen LogP contribution in [-0.2, 0) is 20.7 Å². The molecule has 1 aromatic carbocycles. The fourth-order valence-electron chi connectivity index (χ4n) is 3.68. The van der Waals surface area contributed by atoms with Crippen molar-refractivity contribution in [2.24, 2.45) is 5.92 Å². The second kappa shape index (κ2) is 13.0. The van der Waals surface area contributed by atoms with Gasteiger partial charge in [-0.2, -0.15) is 5.26 Å². The van der Waals surface area contributed by atoms with Gasteiger partial charge in [0.25, 0.3) is 5.91 Å². The van der Waals surface area contributed by atoms with E-state index in [0.29, 0.717) is 13.0 Å². The van der Waals surface area contributed by atoms with Crippen LogP contribution >= 0.6 is 0 Å². The van der Waals surface area contributed by atoms with Crippen molar-refractivity contribution >= 4 is 18.9 Å². The summed E-state index contributed by atoms with van der Waals surface area (Å²) in [6.45, 7) is 4.85. The fourth-order valence-corrected chi connectivity index (χ4v) is 3.68. The molecule has 1 aliphatic rings. The third-order valence-corrected chi connectivity index (χ3v) is 5.28. The van der Waals surface area contributed by atoms with Gasteiger partial charge in [-0.05, 0) is 30.7 Å². The van der Waals surface area contributed by atoms with Crippen molar-refractivity contribution in [1.29, 1.82) is 5.26 Å². The molecule has 8 nitrogen and oxygen atoms in total. The van der Waals surface area contributed by atoms with E-state index >= 15 is 0 Å². The number of amides is 2. The summed E-state index contributed by atoms with van der Waals surface area (Å²) in [5.41, 5.74) is 1.04. The Morgan fingerprint density at radius 3 is 2.69 bits per heavy atom. The van der Waals surface area contributed by atoms with Gasteiger partial charge in [-0.15, -0.1) is 0 Å². The molecule has 0 bridgehead atoms. The number of ether oxygens (including phenoxy) is 1. The first-order valence-corrected chi connectivity index (χ1v) is 11.0. The summed E-state index contributed by atoms with van der Waals surface area (Å²) < 4.78 is 5.64. The third-order valence-electron chi connectivity index (χ3n) is 5.28. The second-order valence-corrected chi connectivity index (χ2v) is 8.33. The van der Waals surface area contributed by atoms with Crippen molar-refractivity contribution < 1.29 is 24.4 Å². The zero-order chi connectivity index (χ0) is 23.5. The van der Waals surface area contributed by atoms with E-state index in [2.05, 4.69) is 5.32 Å². The number of hydrogen-bond donors (Lipinski definition) is 3. The summed E-state index contributed by atoms with van der Waals surface area (Å²) in [4.78, 5) is 26.6. The van der Waals surface area contributed by atoms with Gasteiger partial charge < -0.3 is 25.0 Å². The maximum atomic E-state index is 12.7. The summed E-state index contributed by atoms with van der Waals surface area (Å²) in [5.74, 6) is -1.33. The van der Waals surface area contributed by atoms with Crippen LogP contribution in [0.4, 0.5) is 0 Å². The Labute approximate surface area is 190 Å². The van der Waals surface area contributed by atoms with Gasteiger partial charge in [0.15, 0.2) is 0 Å². The highest BCUT2D eigenvalue weighted by atomic mass is 16.5. The normalized spacial score (nSPS) is 17.2. The van der Waals surface area contributed by atoms with Crippen molar-refractivity contribution in [3.63, 3.8) is 0 Å².